The van der Waals surface area contributed by atoms with Crippen molar-refractivity contribution in [2.75, 3.05) is 13.1 Å². The van der Waals surface area contributed by atoms with Crippen molar-refractivity contribution in [3.8, 4) is 0 Å². The minimum absolute atomic E-state index is 0.254. The van der Waals surface area contributed by atoms with Crippen LogP contribution in [0.15, 0.2) is 60.7 Å². The number of aliphatic hydroxyl groups excluding tert-OH is 1. The van der Waals surface area contributed by atoms with E-state index in [9.17, 15) is 9.90 Å². The van der Waals surface area contributed by atoms with Gasteiger partial charge in [0.25, 0.3) is 5.91 Å². The molecule has 0 radical (unpaired) electrons. The predicted molar refractivity (Wildman–Crippen MR) is 108 cm³/mol. The van der Waals surface area contributed by atoms with E-state index in [1.807, 2.05) is 48.5 Å². The van der Waals surface area contributed by atoms with Crippen molar-refractivity contribution in [2.24, 2.45) is 0 Å². The molecule has 1 amide bonds. The summed E-state index contributed by atoms with van der Waals surface area (Å²) in [5.74, 6) is -0.254. The lowest BCUT2D eigenvalue weighted by Gasteiger charge is -2.38. The predicted octanol–water partition coefficient (Wildman–Crippen LogP) is 2.70. The summed E-state index contributed by atoms with van der Waals surface area (Å²) in [5, 5.41) is 18.7. The number of hydrogen-bond donors (Lipinski definition) is 3. The third-order valence-corrected chi connectivity index (χ3v) is 6.33. The van der Waals surface area contributed by atoms with Crippen molar-refractivity contribution in [3.63, 3.8) is 0 Å². The van der Waals surface area contributed by atoms with Gasteiger partial charge in [0, 0.05) is 10.8 Å². The summed E-state index contributed by atoms with van der Waals surface area (Å²) < 4.78 is 0. The summed E-state index contributed by atoms with van der Waals surface area (Å²) >= 11 is 0. The first-order valence-corrected chi connectivity index (χ1v) is 9.84. The molecule has 3 N–H and O–H groups in total. The van der Waals surface area contributed by atoms with E-state index >= 15 is 0 Å². The highest BCUT2D eigenvalue weighted by atomic mass is 16.3. The Kier molecular flexibility index (Phi) is 4.14. The number of benzene rings is 2. The average molecular weight is 373 g/mol. The van der Waals surface area contributed by atoms with E-state index in [4.69, 9.17) is 0 Å². The van der Waals surface area contributed by atoms with Gasteiger partial charge < -0.3 is 15.7 Å². The highest BCUT2D eigenvalue weighted by Crippen LogP contribution is 2.50. The number of aromatic nitrogens is 1. The zero-order valence-corrected chi connectivity index (χ0v) is 15.6. The Morgan fingerprint density at radius 2 is 1.79 bits per heavy atom. The van der Waals surface area contributed by atoms with E-state index < -0.39 is 12.1 Å². The second-order valence-corrected chi connectivity index (χ2v) is 7.78. The molecule has 1 fully saturated rings. The second kappa shape index (κ2) is 6.69. The first kappa shape index (κ1) is 17.3. The minimum atomic E-state index is -0.642. The monoisotopic (exact) mass is 373 g/mol. The summed E-state index contributed by atoms with van der Waals surface area (Å²) in [6, 6.07) is 19.1. The van der Waals surface area contributed by atoms with Crippen molar-refractivity contribution in [2.45, 2.75) is 30.4 Å². The largest absolute Gasteiger partial charge is 0.390 e. The smallest absolute Gasteiger partial charge is 0.270 e. The lowest BCUT2D eigenvalue weighted by atomic mass is 9.72. The molecule has 5 rings (SSSR count). The Balaban J connectivity index is 1.48. The molecule has 0 unspecified atom stereocenters. The maximum atomic E-state index is 13.0. The Bertz CT molecular complexity index is 1040. The number of amides is 1. The number of nitrogens with one attached hydrogen (secondary N) is 2. The fraction of sp³-hybridized carbons (Fsp3) is 0.304. The van der Waals surface area contributed by atoms with Gasteiger partial charge in [-0.3, -0.25) is 4.79 Å². The molecule has 142 valence electrons. The lowest BCUT2D eigenvalue weighted by Crippen LogP contribution is -2.48. The standard InChI is InChI=1S/C23H23N3O2/c27-21-20(16-6-2-3-7-17(16)23(21)11-13-24-14-12-23)26-22(28)19-10-9-15-5-1-4-8-18(15)25-19/h1-10,20-21,24,27H,11-14H2,(H,26,28)/t20-,21+/m1/s1. The van der Waals surface area contributed by atoms with Crippen LogP contribution in [0.25, 0.3) is 10.9 Å². The summed E-state index contributed by atoms with van der Waals surface area (Å²) in [4.78, 5) is 17.5. The molecule has 0 bridgehead atoms. The first-order valence-electron chi connectivity index (χ1n) is 9.84. The molecule has 2 atom stereocenters. The number of para-hydroxylation sites is 1. The Morgan fingerprint density at radius 3 is 2.64 bits per heavy atom. The normalized spacial score (nSPS) is 22.9. The van der Waals surface area contributed by atoms with Gasteiger partial charge in [-0.15, -0.1) is 0 Å². The van der Waals surface area contributed by atoms with E-state index in [2.05, 4.69) is 21.7 Å². The van der Waals surface area contributed by atoms with E-state index in [0.717, 1.165) is 42.4 Å². The molecule has 2 aliphatic rings. The molecule has 0 saturated carbocycles. The van der Waals surface area contributed by atoms with Crippen molar-refractivity contribution in [1.29, 1.82) is 0 Å². The van der Waals surface area contributed by atoms with E-state index in [1.165, 1.54) is 5.56 Å². The second-order valence-electron chi connectivity index (χ2n) is 7.78. The molecule has 5 heteroatoms. The quantitative estimate of drug-likeness (QED) is 0.646. The zero-order chi connectivity index (χ0) is 19.1. The topological polar surface area (TPSA) is 74.2 Å². The Hall–Kier alpha value is -2.76. The number of aliphatic hydroxyl groups is 1. The van der Waals surface area contributed by atoms with Crippen molar-refractivity contribution in [3.05, 3.63) is 77.5 Å². The number of carbonyl (C=O) groups is 1. The fourth-order valence-electron chi connectivity index (χ4n) is 4.87. The van der Waals surface area contributed by atoms with Gasteiger partial charge in [-0.1, -0.05) is 48.5 Å². The number of fused-ring (bicyclic) bond motifs is 3. The molecule has 1 aromatic heterocycles. The molecule has 1 aliphatic heterocycles. The van der Waals surface area contributed by atoms with Crippen LogP contribution in [0.1, 0.15) is 40.5 Å². The maximum Gasteiger partial charge on any atom is 0.270 e. The van der Waals surface area contributed by atoms with Crippen LogP contribution >= 0.6 is 0 Å². The molecule has 1 spiro atoms. The third-order valence-electron chi connectivity index (χ3n) is 6.33. The summed E-state index contributed by atoms with van der Waals surface area (Å²) in [5.41, 5.74) is 3.05. The third kappa shape index (κ3) is 2.62. The van der Waals surface area contributed by atoms with Crippen molar-refractivity contribution in [1.82, 2.24) is 15.6 Å². The Labute approximate surface area is 163 Å². The SMILES string of the molecule is O=C(N[C@@H]1c2ccccc2C2(CCNCC2)[C@H]1O)c1ccc2ccccc2n1. The van der Waals surface area contributed by atoms with Crippen LogP contribution in [-0.2, 0) is 5.41 Å². The number of nitrogens with zero attached hydrogens (tertiary/aromatic N) is 1. The first-order chi connectivity index (χ1) is 13.7. The van der Waals surface area contributed by atoms with Gasteiger partial charge >= 0.3 is 0 Å². The molecule has 28 heavy (non-hydrogen) atoms. The number of pyridine rings is 1. The summed E-state index contributed by atoms with van der Waals surface area (Å²) in [7, 11) is 0. The number of hydrogen-bond acceptors (Lipinski definition) is 4. The van der Waals surface area contributed by atoms with Crippen LogP contribution in [0, 0.1) is 0 Å². The van der Waals surface area contributed by atoms with E-state index in [-0.39, 0.29) is 11.3 Å². The van der Waals surface area contributed by atoms with Crippen LogP contribution in [-0.4, -0.2) is 35.2 Å². The molecule has 2 heterocycles. The minimum Gasteiger partial charge on any atom is -0.390 e. The van der Waals surface area contributed by atoms with Crippen LogP contribution in [0.2, 0.25) is 0 Å². The Morgan fingerprint density at radius 1 is 1.04 bits per heavy atom. The van der Waals surface area contributed by atoms with Gasteiger partial charge in [-0.2, -0.15) is 0 Å². The zero-order valence-electron chi connectivity index (χ0n) is 15.6. The molecular formula is C23H23N3O2. The fourth-order valence-corrected chi connectivity index (χ4v) is 4.87. The lowest BCUT2D eigenvalue weighted by molar-refractivity contribution is 0.0417. The van der Waals surface area contributed by atoms with Gasteiger partial charge in [0.2, 0.25) is 0 Å². The molecular weight excluding hydrogens is 350 g/mol. The number of rotatable bonds is 2. The molecule has 5 nitrogen and oxygen atoms in total. The highest BCUT2D eigenvalue weighted by Gasteiger charge is 2.52. The summed E-state index contributed by atoms with van der Waals surface area (Å²) in [6.45, 7) is 1.75. The van der Waals surface area contributed by atoms with Gasteiger partial charge in [0.05, 0.1) is 17.7 Å². The van der Waals surface area contributed by atoms with Crippen LogP contribution in [0.3, 0.4) is 0 Å². The van der Waals surface area contributed by atoms with E-state index in [0.29, 0.717) is 5.69 Å². The molecule has 1 aliphatic carbocycles. The van der Waals surface area contributed by atoms with Gasteiger partial charge in [0.15, 0.2) is 0 Å². The van der Waals surface area contributed by atoms with Gasteiger partial charge in [-0.05, 0) is 49.2 Å². The van der Waals surface area contributed by atoms with Crippen LogP contribution < -0.4 is 10.6 Å². The maximum absolute atomic E-state index is 13.0. The number of piperidine rings is 1. The van der Waals surface area contributed by atoms with Crippen LogP contribution in [0.5, 0.6) is 0 Å². The van der Waals surface area contributed by atoms with Crippen LogP contribution in [0.4, 0.5) is 0 Å². The molecule has 1 saturated heterocycles. The molecule has 3 aromatic rings. The molecule has 2 aromatic carbocycles. The highest BCUT2D eigenvalue weighted by molar-refractivity contribution is 5.95. The van der Waals surface area contributed by atoms with Gasteiger partial charge in [0.1, 0.15) is 5.69 Å². The van der Waals surface area contributed by atoms with Gasteiger partial charge in [-0.25, -0.2) is 4.98 Å². The number of carbonyl (C=O) groups excluding carboxylic acids is 1. The van der Waals surface area contributed by atoms with E-state index in [1.54, 1.807) is 6.07 Å². The van der Waals surface area contributed by atoms with Crippen molar-refractivity contribution >= 4 is 16.8 Å². The average Bonchev–Trinajstić information content (AvgIpc) is 2.97. The summed E-state index contributed by atoms with van der Waals surface area (Å²) in [6.07, 6.45) is 1.09. The van der Waals surface area contributed by atoms with Crippen molar-refractivity contribution < 1.29 is 9.90 Å².